The van der Waals surface area contributed by atoms with Crippen LogP contribution in [0.2, 0.25) is 0 Å². The largest absolute Gasteiger partial charge is 0.461 e. The number of anilines is 1. The molecule has 1 aliphatic heterocycles. The fourth-order valence-corrected chi connectivity index (χ4v) is 2.50. The summed E-state index contributed by atoms with van der Waals surface area (Å²) < 4.78 is 5.10. The van der Waals surface area contributed by atoms with Gasteiger partial charge in [-0.05, 0) is 37.1 Å². The first-order valence-corrected chi connectivity index (χ1v) is 6.84. The van der Waals surface area contributed by atoms with Gasteiger partial charge < -0.3 is 4.42 Å². The van der Waals surface area contributed by atoms with Crippen LogP contribution in [0.1, 0.15) is 29.0 Å². The molecular formula is C17H15NO3. The average molecular weight is 281 g/mol. The summed E-state index contributed by atoms with van der Waals surface area (Å²) in [6.45, 7) is 1.95. The second-order valence-corrected chi connectivity index (χ2v) is 4.99. The minimum Gasteiger partial charge on any atom is -0.461 e. The molecule has 1 aliphatic rings. The third kappa shape index (κ3) is 2.52. The van der Waals surface area contributed by atoms with Crippen LogP contribution in [-0.2, 0) is 4.79 Å². The van der Waals surface area contributed by atoms with Crippen LogP contribution in [-0.4, -0.2) is 11.7 Å². The van der Waals surface area contributed by atoms with Gasteiger partial charge in [0, 0.05) is 18.2 Å². The first-order valence-electron chi connectivity index (χ1n) is 6.84. The van der Waals surface area contributed by atoms with Gasteiger partial charge in [-0.15, -0.1) is 0 Å². The molecule has 106 valence electrons. The van der Waals surface area contributed by atoms with Crippen LogP contribution >= 0.6 is 0 Å². The molecule has 2 aromatic rings. The summed E-state index contributed by atoms with van der Waals surface area (Å²) in [5, 5.41) is 0. The Hall–Kier alpha value is -2.62. The quantitative estimate of drug-likeness (QED) is 0.639. The predicted octanol–water partition coefficient (Wildman–Crippen LogP) is 3.48. The van der Waals surface area contributed by atoms with Gasteiger partial charge in [-0.2, -0.15) is 0 Å². The van der Waals surface area contributed by atoms with E-state index < -0.39 is 0 Å². The number of amides is 1. The number of ketones is 1. The lowest BCUT2D eigenvalue weighted by atomic mass is 10.1. The van der Waals surface area contributed by atoms with Crippen molar-refractivity contribution in [3.63, 3.8) is 0 Å². The summed E-state index contributed by atoms with van der Waals surface area (Å²) in [4.78, 5) is 25.9. The number of aryl methyl sites for hydroxylation is 1. The number of nitrogens with zero attached hydrogens (tertiary/aromatic N) is 1. The second-order valence-electron chi connectivity index (χ2n) is 4.99. The summed E-state index contributed by atoms with van der Waals surface area (Å²) in [7, 11) is 0. The highest BCUT2D eigenvalue weighted by molar-refractivity contribution is 6.07. The fourth-order valence-electron chi connectivity index (χ4n) is 2.50. The van der Waals surface area contributed by atoms with Crippen molar-refractivity contribution in [1.82, 2.24) is 0 Å². The molecule has 1 amide bonds. The SMILES string of the molecule is Cc1ccccc1N1C(=O)CC/C1=C\C(=O)c1ccco1. The molecule has 2 heterocycles. The van der Waals surface area contributed by atoms with Crippen LogP contribution < -0.4 is 4.90 Å². The predicted molar refractivity (Wildman–Crippen MR) is 79.0 cm³/mol. The lowest BCUT2D eigenvalue weighted by Gasteiger charge is -2.20. The Morgan fingerprint density at radius 3 is 2.71 bits per heavy atom. The second kappa shape index (κ2) is 5.40. The van der Waals surface area contributed by atoms with E-state index in [0.29, 0.717) is 12.8 Å². The molecule has 0 aliphatic carbocycles. The molecule has 0 saturated carbocycles. The topological polar surface area (TPSA) is 50.5 Å². The van der Waals surface area contributed by atoms with Crippen molar-refractivity contribution in [1.29, 1.82) is 0 Å². The molecule has 0 atom stereocenters. The van der Waals surface area contributed by atoms with Crippen LogP contribution in [0.15, 0.2) is 58.9 Å². The molecule has 4 heteroatoms. The highest BCUT2D eigenvalue weighted by atomic mass is 16.3. The number of carbonyl (C=O) groups excluding carboxylic acids is 2. The van der Waals surface area contributed by atoms with E-state index in [-0.39, 0.29) is 17.5 Å². The highest BCUT2D eigenvalue weighted by Gasteiger charge is 2.28. The Balaban J connectivity index is 1.97. The maximum atomic E-state index is 12.2. The number of rotatable bonds is 3. The van der Waals surface area contributed by atoms with E-state index in [0.717, 1.165) is 16.9 Å². The molecule has 0 N–H and O–H groups in total. The van der Waals surface area contributed by atoms with E-state index in [1.54, 1.807) is 17.0 Å². The van der Waals surface area contributed by atoms with Gasteiger partial charge in [0.05, 0.1) is 12.0 Å². The van der Waals surface area contributed by atoms with Crippen molar-refractivity contribution in [2.75, 3.05) is 4.90 Å². The monoisotopic (exact) mass is 281 g/mol. The van der Waals surface area contributed by atoms with E-state index in [1.807, 2.05) is 31.2 Å². The molecule has 0 radical (unpaired) electrons. The Kier molecular flexibility index (Phi) is 3.44. The summed E-state index contributed by atoms with van der Waals surface area (Å²) in [5.74, 6) is 0.0812. The molecule has 0 spiro atoms. The van der Waals surface area contributed by atoms with Crippen molar-refractivity contribution < 1.29 is 14.0 Å². The lowest BCUT2D eigenvalue weighted by Crippen LogP contribution is -2.23. The molecule has 1 fully saturated rings. The normalized spacial score (nSPS) is 16.7. The molecule has 1 aromatic heterocycles. The van der Waals surface area contributed by atoms with E-state index in [1.165, 1.54) is 12.3 Å². The van der Waals surface area contributed by atoms with Crippen molar-refractivity contribution >= 4 is 17.4 Å². The number of para-hydroxylation sites is 1. The summed E-state index contributed by atoms with van der Waals surface area (Å²) in [5.41, 5.74) is 2.55. The Bertz CT molecular complexity index is 713. The van der Waals surface area contributed by atoms with Gasteiger partial charge in [-0.3, -0.25) is 14.5 Å². The number of carbonyl (C=O) groups is 2. The van der Waals surface area contributed by atoms with Crippen molar-refractivity contribution in [3.05, 3.63) is 65.8 Å². The minimum atomic E-state index is -0.219. The van der Waals surface area contributed by atoms with Gasteiger partial charge in [0.1, 0.15) is 0 Å². The van der Waals surface area contributed by atoms with Crippen molar-refractivity contribution in [2.45, 2.75) is 19.8 Å². The standard InChI is InChI=1S/C17H15NO3/c1-12-5-2-3-6-14(12)18-13(8-9-17(18)20)11-15(19)16-7-4-10-21-16/h2-7,10-11H,8-9H2,1H3/b13-11+. The molecule has 0 bridgehead atoms. The van der Waals surface area contributed by atoms with Gasteiger partial charge >= 0.3 is 0 Å². The van der Waals surface area contributed by atoms with Crippen LogP contribution in [0.5, 0.6) is 0 Å². The maximum absolute atomic E-state index is 12.2. The molecule has 4 nitrogen and oxygen atoms in total. The minimum absolute atomic E-state index is 0.0165. The summed E-state index contributed by atoms with van der Waals surface area (Å²) in [6.07, 6.45) is 3.95. The third-order valence-electron chi connectivity index (χ3n) is 3.55. The highest BCUT2D eigenvalue weighted by Crippen LogP contribution is 2.31. The Morgan fingerprint density at radius 1 is 1.19 bits per heavy atom. The zero-order valence-electron chi connectivity index (χ0n) is 11.7. The van der Waals surface area contributed by atoms with E-state index >= 15 is 0 Å². The van der Waals surface area contributed by atoms with E-state index in [2.05, 4.69) is 0 Å². The first kappa shape index (κ1) is 13.4. The third-order valence-corrected chi connectivity index (χ3v) is 3.55. The van der Waals surface area contributed by atoms with Crippen LogP contribution in [0.25, 0.3) is 0 Å². The summed E-state index contributed by atoms with van der Waals surface area (Å²) in [6, 6.07) is 11.0. The molecule has 3 rings (SSSR count). The number of hydrogen-bond acceptors (Lipinski definition) is 3. The van der Waals surface area contributed by atoms with Crippen molar-refractivity contribution in [2.24, 2.45) is 0 Å². The number of benzene rings is 1. The number of hydrogen-bond donors (Lipinski definition) is 0. The van der Waals surface area contributed by atoms with Gasteiger partial charge in [0.2, 0.25) is 11.7 Å². The molecule has 1 saturated heterocycles. The number of furan rings is 1. The lowest BCUT2D eigenvalue weighted by molar-refractivity contribution is -0.116. The molecule has 1 aromatic carbocycles. The van der Waals surface area contributed by atoms with Crippen molar-refractivity contribution in [3.8, 4) is 0 Å². The van der Waals surface area contributed by atoms with E-state index in [4.69, 9.17) is 4.42 Å². The zero-order valence-corrected chi connectivity index (χ0v) is 11.7. The van der Waals surface area contributed by atoms with Gasteiger partial charge in [-0.1, -0.05) is 18.2 Å². The average Bonchev–Trinajstić information content (AvgIpc) is 3.11. The summed E-state index contributed by atoms with van der Waals surface area (Å²) >= 11 is 0. The Morgan fingerprint density at radius 2 is 2.00 bits per heavy atom. The molecule has 0 unspecified atom stereocenters. The number of allylic oxidation sites excluding steroid dienone is 2. The molecule has 21 heavy (non-hydrogen) atoms. The smallest absolute Gasteiger partial charge is 0.231 e. The maximum Gasteiger partial charge on any atom is 0.231 e. The fraction of sp³-hybridized carbons (Fsp3) is 0.176. The van der Waals surface area contributed by atoms with E-state index in [9.17, 15) is 9.59 Å². The van der Waals surface area contributed by atoms with Gasteiger partial charge in [0.15, 0.2) is 5.76 Å². The van der Waals surface area contributed by atoms with Crippen LogP contribution in [0, 0.1) is 6.92 Å². The van der Waals surface area contributed by atoms with Gasteiger partial charge in [0.25, 0.3) is 0 Å². The first-order chi connectivity index (χ1) is 10.2. The molecular weight excluding hydrogens is 266 g/mol. The van der Waals surface area contributed by atoms with Crippen LogP contribution in [0.3, 0.4) is 0 Å². The Labute approximate surface area is 122 Å². The van der Waals surface area contributed by atoms with Crippen LogP contribution in [0.4, 0.5) is 5.69 Å². The van der Waals surface area contributed by atoms with Gasteiger partial charge in [-0.25, -0.2) is 0 Å². The zero-order chi connectivity index (χ0) is 14.8.